The first-order valence-corrected chi connectivity index (χ1v) is 11.8. The summed E-state index contributed by atoms with van der Waals surface area (Å²) in [5, 5.41) is 3.65. The Morgan fingerprint density at radius 3 is 2.17 bits per heavy atom. The average molecular weight is 571 g/mol. The van der Waals surface area contributed by atoms with Crippen LogP contribution in [0.5, 0.6) is 5.75 Å². The van der Waals surface area contributed by atoms with Crippen molar-refractivity contribution in [2.24, 2.45) is 0 Å². The number of hydrogen-bond acceptors (Lipinski definition) is 4. The summed E-state index contributed by atoms with van der Waals surface area (Å²) in [4.78, 5) is 38.6. The lowest BCUT2D eigenvalue weighted by Gasteiger charge is -2.26. The Kier molecular flexibility index (Phi) is 7.59. The highest BCUT2D eigenvalue weighted by Crippen LogP contribution is 2.36. The van der Waals surface area contributed by atoms with Gasteiger partial charge in [-0.3, -0.25) is 14.9 Å². The zero-order valence-electron chi connectivity index (χ0n) is 17.5. The number of urea groups is 1. The van der Waals surface area contributed by atoms with E-state index < -0.39 is 17.8 Å². The fraction of sp³-hybridized carbons (Fsp3) is 0.0417. The Balaban J connectivity index is 1.61. The molecule has 3 aromatic rings. The van der Waals surface area contributed by atoms with Crippen LogP contribution < -0.4 is 15.0 Å². The van der Waals surface area contributed by atoms with Crippen molar-refractivity contribution in [1.82, 2.24) is 5.32 Å². The molecule has 35 heavy (non-hydrogen) atoms. The molecule has 0 saturated carbocycles. The maximum absolute atomic E-state index is 13.0. The molecular weight excluding hydrogens is 558 g/mol. The van der Waals surface area contributed by atoms with Gasteiger partial charge in [-0.15, -0.1) is 0 Å². The number of nitrogens with one attached hydrogen (secondary N) is 1. The molecule has 6 nitrogen and oxygen atoms in total. The van der Waals surface area contributed by atoms with E-state index in [2.05, 4.69) is 5.32 Å². The molecule has 178 valence electrons. The van der Waals surface area contributed by atoms with Gasteiger partial charge in [0, 0.05) is 20.6 Å². The number of benzene rings is 3. The van der Waals surface area contributed by atoms with Crippen molar-refractivity contribution in [3.63, 3.8) is 0 Å². The molecule has 0 radical (unpaired) electrons. The molecule has 3 aromatic carbocycles. The highest BCUT2D eigenvalue weighted by molar-refractivity contribution is 6.40. The Morgan fingerprint density at radius 1 is 0.829 bits per heavy atom. The third kappa shape index (κ3) is 5.58. The van der Waals surface area contributed by atoms with E-state index in [1.165, 1.54) is 30.3 Å². The molecule has 0 spiro atoms. The van der Waals surface area contributed by atoms with Crippen LogP contribution in [0, 0.1) is 0 Å². The quantitative estimate of drug-likeness (QED) is 0.260. The Hall–Kier alpha value is -2.74. The van der Waals surface area contributed by atoms with E-state index in [4.69, 9.17) is 62.7 Å². The molecule has 0 atom stereocenters. The number of rotatable bonds is 5. The molecule has 1 aliphatic heterocycles. The van der Waals surface area contributed by atoms with Gasteiger partial charge < -0.3 is 4.74 Å². The number of carbonyl (C=O) groups is 3. The first-order valence-electron chi connectivity index (χ1n) is 9.87. The fourth-order valence-electron chi connectivity index (χ4n) is 3.26. The van der Waals surface area contributed by atoms with Gasteiger partial charge in [-0.2, -0.15) is 0 Å². The second kappa shape index (κ2) is 10.5. The Labute approximate surface area is 224 Å². The van der Waals surface area contributed by atoms with E-state index in [0.29, 0.717) is 26.2 Å². The number of carbonyl (C=O) groups excluding carboxylic acids is 3. The normalized spacial score (nSPS) is 14.9. The van der Waals surface area contributed by atoms with Crippen molar-refractivity contribution in [3.8, 4) is 5.75 Å². The minimum atomic E-state index is -0.889. The predicted octanol–water partition coefficient (Wildman–Crippen LogP) is 7.20. The van der Waals surface area contributed by atoms with Crippen LogP contribution in [0.25, 0.3) is 6.08 Å². The van der Waals surface area contributed by atoms with Gasteiger partial charge in [0.05, 0.1) is 15.7 Å². The van der Waals surface area contributed by atoms with Crippen molar-refractivity contribution in [1.29, 1.82) is 0 Å². The minimum Gasteiger partial charge on any atom is -0.486 e. The average Bonchev–Trinajstić information content (AvgIpc) is 2.77. The van der Waals surface area contributed by atoms with E-state index in [1.54, 1.807) is 30.3 Å². The Morgan fingerprint density at radius 2 is 1.51 bits per heavy atom. The van der Waals surface area contributed by atoms with Crippen molar-refractivity contribution < 1.29 is 19.1 Å². The van der Waals surface area contributed by atoms with Crippen molar-refractivity contribution in [2.75, 3.05) is 4.90 Å². The smallest absolute Gasteiger partial charge is 0.335 e. The lowest BCUT2D eigenvalue weighted by Crippen LogP contribution is -2.54. The van der Waals surface area contributed by atoms with E-state index in [0.717, 1.165) is 4.90 Å². The van der Waals surface area contributed by atoms with Crippen LogP contribution >= 0.6 is 58.0 Å². The van der Waals surface area contributed by atoms with E-state index in [1.807, 2.05) is 0 Å². The van der Waals surface area contributed by atoms with Crippen molar-refractivity contribution in [3.05, 3.63) is 96.4 Å². The number of amides is 4. The number of halogens is 5. The second-order valence-corrected chi connectivity index (χ2v) is 9.37. The predicted molar refractivity (Wildman–Crippen MR) is 138 cm³/mol. The molecule has 0 unspecified atom stereocenters. The number of nitrogens with zero attached hydrogens (tertiary/aromatic N) is 1. The van der Waals surface area contributed by atoms with Gasteiger partial charge in [0.15, 0.2) is 5.75 Å². The third-order valence-corrected chi connectivity index (χ3v) is 6.27. The monoisotopic (exact) mass is 568 g/mol. The van der Waals surface area contributed by atoms with Gasteiger partial charge in [-0.05, 0) is 54.1 Å². The molecule has 4 rings (SSSR count). The topological polar surface area (TPSA) is 75.7 Å². The number of hydrogen-bond donors (Lipinski definition) is 1. The summed E-state index contributed by atoms with van der Waals surface area (Å²) in [5.74, 6) is -1.49. The van der Waals surface area contributed by atoms with Gasteiger partial charge in [0.25, 0.3) is 11.8 Å². The highest BCUT2D eigenvalue weighted by Gasteiger charge is 2.37. The largest absolute Gasteiger partial charge is 0.486 e. The summed E-state index contributed by atoms with van der Waals surface area (Å²) in [6, 6.07) is 13.1. The molecule has 0 aromatic heterocycles. The summed E-state index contributed by atoms with van der Waals surface area (Å²) in [6.45, 7) is 0.0769. The van der Waals surface area contributed by atoms with E-state index in [9.17, 15) is 14.4 Å². The van der Waals surface area contributed by atoms with Crippen LogP contribution in [0.2, 0.25) is 25.1 Å². The molecule has 1 saturated heterocycles. The zero-order chi connectivity index (χ0) is 25.3. The fourth-order valence-corrected chi connectivity index (χ4v) is 4.52. The molecule has 0 aliphatic carbocycles. The SMILES string of the molecule is O=C1NC(=O)N(c2cccc(Cl)c2)C(=O)/C1=C/c1cc(Cl)c(OCc2ccc(Cl)cc2Cl)c(Cl)c1. The minimum absolute atomic E-state index is 0.0769. The molecule has 0 bridgehead atoms. The maximum atomic E-state index is 13.0. The van der Waals surface area contributed by atoms with Crippen LogP contribution in [0.1, 0.15) is 11.1 Å². The van der Waals surface area contributed by atoms with Gasteiger partial charge in [-0.1, -0.05) is 70.1 Å². The Bertz CT molecular complexity index is 1380. The summed E-state index contributed by atoms with van der Waals surface area (Å²) >= 11 is 30.8. The number of imide groups is 2. The summed E-state index contributed by atoms with van der Waals surface area (Å²) in [7, 11) is 0. The van der Waals surface area contributed by atoms with E-state index >= 15 is 0 Å². The maximum Gasteiger partial charge on any atom is 0.335 e. The summed E-state index contributed by atoms with van der Waals surface area (Å²) in [5.41, 5.74) is 0.929. The van der Waals surface area contributed by atoms with Crippen molar-refractivity contribution in [2.45, 2.75) is 6.61 Å². The first-order chi connectivity index (χ1) is 16.6. The summed E-state index contributed by atoms with van der Waals surface area (Å²) < 4.78 is 5.74. The number of anilines is 1. The number of barbiturate groups is 1. The molecule has 1 N–H and O–H groups in total. The van der Waals surface area contributed by atoms with Gasteiger partial charge in [-0.25, -0.2) is 9.69 Å². The standard InChI is InChI=1S/C24H13Cl5N2O4/c25-14-2-1-3-16(9-14)31-23(33)17(22(32)30-24(31)34)6-12-7-19(28)21(20(29)8-12)35-11-13-4-5-15(26)10-18(13)27/h1-10H,11H2,(H,30,32,34)/b17-6+. The van der Waals surface area contributed by atoms with Crippen LogP contribution in [-0.4, -0.2) is 17.8 Å². The van der Waals surface area contributed by atoms with E-state index in [-0.39, 0.29) is 33.7 Å². The third-order valence-electron chi connectivity index (χ3n) is 4.89. The van der Waals surface area contributed by atoms with Gasteiger partial charge in [0.2, 0.25) is 0 Å². The lowest BCUT2D eigenvalue weighted by molar-refractivity contribution is -0.122. The van der Waals surface area contributed by atoms with Gasteiger partial charge in [0.1, 0.15) is 12.2 Å². The molecule has 1 fully saturated rings. The number of ether oxygens (including phenoxy) is 1. The van der Waals surface area contributed by atoms with Gasteiger partial charge >= 0.3 is 6.03 Å². The molecule has 1 aliphatic rings. The first kappa shape index (κ1) is 25.4. The zero-order valence-corrected chi connectivity index (χ0v) is 21.2. The molecular formula is C24H13Cl5N2O4. The second-order valence-electron chi connectivity index (χ2n) is 7.28. The lowest BCUT2D eigenvalue weighted by atomic mass is 10.1. The van der Waals surface area contributed by atoms with Crippen LogP contribution in [0.4, 0.5) is 10.5 Å². The van der Waals surface area contributed by atoms with Crippen LogP contribution in [0.15, 0.2) is 60.2 Å². The van der Waals surface area contributed by atoms with Crippen LogP contribution in [0.3, 0.4) is 0 Å². The van der Waals surface area contributed by atoms with Crippen LogP contribution in [-0.2, 0) is 16.2 Å². The highest BCUT2D eigenvalue weighted by atomic mass is 35.5. The molecule has 11 heteroatoms. The molecule has 4 amide bonds. The molecule has 1 heterocycles. The van der Waals surface area contributed by atoms with Crippen molar-refractivity contribution >= 4 is 87.6 Å². The summed E-state index contributed by atoms with van der Waals surface area (Å²) in [6.07, 6.45) is 1.28.